The van der Waals surface area contributed by atoms with Crippen molar-refractivity contribution in [3.05, 3.63) is 29.8 Å². The minimum absolute atomic E-state index is 0.180. The van der Waals surface area contributed by atoms with E-state index >= 15 is 0 Å². The Balaban J connectivity index is 2.49. The summed E-state index contributed by atoms with van der Waals surface area (Å²) in [4.78, 5) is 0.180. The molecule has 0 aliphatic carbocycles. The summed E-state index contributed by atoms with van der Waals surface area (Å²) in [5.41, 5.74) is 0.994. The number of primary sulfonamides is 1. The number of unbranched alkanes of at least 4 members (excludes halogenated alkanes) is 1. The molecule has 0 radical (unpaired) electrons. The summed E-state index contributed by atoms with van der Waals surface area (Å²) in [6.07, 6.45) is 2.80. The summed E-state index contributed by atoms with van der Waals surface area (Å²) in [5.74, 6) is 0. The van der Waals surface area contributed by atoms with Crippen molar-refractivity contribution >= 4 is 10.0 Å². The maximum atomic E-state index is 11.2. The smallest absolute Gasteiger partial charge is 0.238 e. The standard InChI is InChI=1S/C12H19NO3S/c1-2-16-9-4-3-6-11-7-5-8-12(10-11)17(13,14)15/h5,7-8,10H,2-4,6,9H2,1H3,(H2,13,14,15). The average Bonchev–Trinajstić information content (AvgIpc) is 2.28. The Hall–Kier alpha value is -0.910. The molecule has 0 unspecified atom stereocenters. The molecule has 0 atom stereocenters. The minimum atomic E-state index is -3.59. The van der Waals surface area contributed by atoms with Gasteiger partial charge < -0.3 is 4.74 Å². The average molecular weight is 257 g/mol. The fraction of sp³-hybridized carbons (Fsp3) is 0.500. The van der Waals surface area contributed by atoms with Gasteiger partial charge in [0.15, 0.2) is 0 Å². The third-order valence-electron chi connectivity index (χ3n) is 2.44. The molecule has 0 aliphatic heterocycles. The van der Waals surface area contributed by atoms with Crippen molar-refractivity contribution in [3.8, 4) is 0 Å². The van der Waals surface area contributed by atoms with Crippen LogP contribution in [0.2, 0.25) is 0 Å². The van der Waals surface area contributed by atoms with E-state index in [-0.39, 0.29) is 4.90 Å². The van der Waals surface area contributed by atoms with E-state index in [1.54, 1.807) is 12.1 Å². The lowest BCUT2D eigenvalue weighted by molar-refractivity contribution is 0.143. The van der Waals surface area contributed by atoms with Gasteiger partial charge in [-0.05, 0) is 43.9 Å². The SMILES string of the molecule is CCOCCCCc1cccc(S(N)(=O)=O)c1. The molecule has 0 saturated heterocycles. The van der Waals surface area contributed by atoms with Gasteiger partial charge in [0.25, 0.3) is 0 Å². The van der Waals surface area contributed by atoms with Crippen LogP contribution in [0.5, 0.6) is 0 Å². The maximum Gasteiger partial charge on any atom is 0.238 e. The first-order valence-corrected chi connectivity index (χ1v) is 7.28. The van der Waals surface area contributed by atoms with E-state index in [1.165, 1.54) is 6.07 Å². The molecule has 0 heterocycles. The van der Waals surface area contributed by atoms with E-state index < -0.39 is 10.0 Å². The zero-order valence-corrected chi connectivity index (χ0v) is 10.9. The Morgan fingerprint density at radius 1 is 1.29 bits per heavy atom. The third-order valence-corrected chi connectivity index (χ3v) is 3.35. The summed E-state index contributed by atoms with van der Waals surface area (Å²) in [5, 5.41) is 5.07. The summed E-state index contributed by atoms with van der Waals surface area (Å²) < 4.78 is 27.5. The van der Waals surface area contributed by atoms with E-state index in [0.29, 0.717) is 0 Å². The van der Waals surface area contributed by atoms with Gasteiger partial charge in [0.2, 0.25) is 10.0 Å². The molecule has 0 saturated carbocycles. The van der Waals surface area contributed by atoms with Crippen LogP contribution in [0.4, 0.5) is 0 Å². The number of hydrogen-bond acceptors (Lipinski definition) is 3. The van der Waals surface area contributed by atoms with Crippen molar-refractivity contribution < 1.29 is 13.2 Å². The molecule has 5 heteroatoms. The minimum Gasteiger partial charge on any atom is -0.382 e. The molecule has 4 nitrogen and oxygen atoms in total. The van der Waals surface area contributed by atoms with Gasteiger partial charge in [-0.2, -0.15) is 0 Å². The number of rotatable bonds is 7. The largest absolute Gasteiger partial charge is 0.382 e. The van der Waals surface area contributed by atoms with Gasteiger partial charge in [-0.1, -0.05) is 12.1 Å². The van der Waals surface area contributed by atoms with Crippen LogP contribution in [-0.4, -0.2) is 21.6 Å². The van der Waals surface area contributed by atoms with Crippen LogP contribution >= 0.6 is 0 Å². The van der Waals surface area contributed by atoms with Gasteiger partial charge in [0.05, 0.1) is 4.90 Å². The highest BCUT2D eigenvalue weighted by molar-refractivity contribution is 7.89. The summed E-state index contributed by atoms with van der Waals surface area (Å²) in [6.45, 7) is 3.46. The number of nitrogens with two attached hydrogens (primary N) is 1. The molecule has 17 heavy (non-hydrogen) atoms. The van der Waals surface area contributed by atoms with Crippen molar-refractivity contribution in [1.82, 2.24) is 0 Å². The summed E-state index contributed by atoms with van der Waals surface area (Å²) in [7, 11) is -3.59. The van der Waals surface area contributed by atoms with Crippen LogP contribution in [0, 0.1) is 0 Å². The van der Waals surface area contributed by atoms with E-state index in [9.17, 15) is 8.42 Å². The first-order valence-electron chi connectivity index (χ1n) is 5.73. The van der Waals surface area contributed by atoms with Crippen LogP contribution in [0.15, 0.2) is 29.2 Å². The monoisotopic (exact) mass is 257 g/mol. The zero-order valence-electron chi connectivity index (χ0n) is 10.1. The molecule has 1 aromatic rings. The van der Waals surface area contributed by atoms with Gasteiger partial charge in [-0.3, -0.25) is 0 Å². The van der Waals surface area contributed by atoms with Crippen LogP contribution in [0.25, 0.3) is 0 Å². The lowest BCUT2D eigenvalue weighted by Crippen LogP contribution is -2.12. The highest BCUT2D eigenvalue weighted by Crippen LogP contribution is 2.12. The molecule has 0 fully saturated rings. The zero-order chi connectivity index (χ0) is 12.7. The Morgan fingerprint density at radius 2 is 2.06 bits per heavy atom. The second kappa shape index (κ2) is 6.74. The van der Waals surface area contributed by atoms with E-state index in [2.05, 4.69) is 0 Å². The molecule has 0 amide bonds. The summed E-state index contributed by atoms with van der Waals surface area (Å²) >= 11 is 0. The van der Waals surface area contributed by atoms with Crippen LogP contribution < -0.4 is 5.14 Å². The first-order chi connectivity index (χ1) is 8.04. The van der Waals surface area contributed by atoms with Crippen LogP contribution in [0.1, 0.15) is 25.3 Å². The predicted octanol–water partition coefficient (Wildman–Crippen LogP) is 1.69. The van der Waals surface area contributed by atoms with Gasteiger partial charge in [-0.15, -0.1) is 0 Å². The van der Waals surface area contributed by atoms with Crippen molar-refractivity contribution in [2.45, 2.75) is 31.1 Å². The van der Waals surface area contributed by atoms with Gasteiger partial charge in [0.1, 0.15) is 0 Å². The Morgan fingerprint density at radius 3 is 2.71 bits per heavy atom. The van der Waals surface area contributed by atoms with E-state index in [0.717, 1.165) is 38.0 Å². The highest BCUT2D eigenvalue weighted by atomic mass is 32.2. The molecule has 0 aliphatic rings. The normalized spacial score (nSPS) is 11.6. The van der Waals surface area contributed by atoms with Crippen LogP contribution in [0.3, 0.4) is 0 Å². The number of benzene rings is 1. The molecule has 1 rings (SSSR count). The van der Waals surface area contributed by atoms with Crippen molar-refractivity contribution in [2.75, 3.05) is 13.2 Å². The molecule has 1 aromatic carbocycles. The number of sulfonamides is 1. The molecule has 0 spiro atoms. The Labute approximate surface area is 103 Å². The molecule has 0 aromatic heterocycles. The predicted molar refractivity (Wildman–Crippen MR) is 67.2 cm³/mol. The fourth-order valence-electron chi connectivity index (χ4n) is 1.56. The quantitative estimate of drug-likeness (QED) is 0.756. The Kier molecular flexibility index (Phi) is 5.61. The summed E-state index contributed by atoms with van der Waals surface area (Å²) in [6, 6.07) is 6.78. The second-order valence-electron chi connectivity index (χ2n) is 3.85. The first kappa shape index (κ1) is 14.2. The third kappa shape index (κ3) is 5.30. The molecular weight excluding hydrogens is 238 g/mol. The Bertz CT molecular complexity index is 443. The topological polar surface area (TPSA) is 69.4 Å². The lowest BCUT2D eigenvalue weighted by atomic mass is 10.1. The number of hydrogen-bond donors (Lipinski definition) is 1. The van der Waals surface area contributed by atoms with E-state index in [1.807, 2.05) is 13.0 Å². The molecule has 0 bridgehead atoms. The van der Waals surface area contributed by atoms with Crippen molar-refractivity contribution in [1.29, 1.82) is 0 Å². The van der Waals surface area contributed by atoms with Gasteiger partial charge in [0, 0.05) is 13.2 Å². The van der Waals surface area contributed by atoms with Crippen molar-refractivity contribution in [3.63, 3.8) is 0 Å². The van der Waals surface area contributed by atoms with Crippen molar-refractivity contribution in [2.24, 2.45) is 5.14 Å². The molecule has 2 N–H and O–H groups in total. The highest BCUT2D eigenvalue weighted by Gasteiger charge is 2.07. The maximum absolute atomic E-state index is 11.2. The fourth-order valence-corrected chi connectivity index (χ4v) is 2.14. The van der Waals surface area contributed by atoms with E-state index in [4.69, 9.17) is 9.88 Å². The van der Waals surface area contributed by atoms with Crippen LogP contribution in [-0.2, 0) is 21.2 Å². The second-order valence-corrected chi connectivity index (χ2v) is 5.41. The van der Waals surface area contributed by atoms with Gasteiger partial charge >= 0.3 is 0 Å². The molecule has 96 valence electrons. The number of aryl methyl sites for hydroxylation is 1. The van der Waals surface area contributed by atoms with Gasteiger partial charge in [-0.25, -0.2) is 13.6 Å². The number of ether oxygens (including phenoxy) is 1. The molecular formula is C12H19NO3S. The lowest BCUT2D eigenvalue weighted by Gasteiger charge is -2.04.